The van der Waals surface area contributed by atoms with Crippen molar-refractivity contribution in [2.24, 2.45) is 0 Å². The van der Waals surface area contributed by atoms with E-state index >= 15 is 0 Å². The predicted molar refractivity (Wildman–Crippen MR) is 118 cm³/mol. The zero-order valence-corrected chi connectivity index (χ0v) is 18.2. The summed E-state index contributed by atoms with van der Waals surface area (Å²) >= 11 is 1.27. The van der Waals surface area contributed by atoms with Crippen LogP contribution in [0.15, 0.2) is 41.9 Å². The van der Waals surface area contributed by atoms with Gasteiger partial charge in [-0.1, -0.05) is 48.2 Å². The van der Waals surface area contributed by atoms with Crippen molar-refractivity contribution in [1.29, 1.82) is 0 Å². The number of carbonyl (C=O) groups is 1. The Labute approximate surface area is 171 Å². The average Bonchev–Trinajstić information content (AvgIpc) is 2.85. The molecule has 1 fully saturated rings. The molecule has 0 atom stereocenters. The molecule has 1 saturated heterocycles. The maximum Gasteiger partial charge on any atom is 0.491 e. The lowest BCUT2D eigenvalue weighted by Gasteiger charge is -2.32. The molecular formula is C22H27BO4S. The maximum absolute atomic E-state index is 11.6. The SMILES string of the molecule is COc1ccc(C=C(CSC(C)=O)B2OC(C)(C)C(C)(C)O2)c2ccccc12. The molecule has 0 unspecified atom stereocenters. The molecule has 1 heterocycles. The van der Waals surface area contributed by atoms with Crippen molar-refractivity contribution in [3.05, 3.63) is 47.4 Å². The number of benzene rings is 2. The fourth-order valence-electron chi connectivity index (χ4n) is 3.16. The number of rotatable bonds is 5. The molecule has 0 N–H and O–H groups in total. The summed E-state index contributed by atoms with van der Waals surface area (Å²) in [5.41, 5.74) is 1.12. The largest absolute Gasteiger partial charge is 0.496 e. The minimum atomic E-state index is -0.488. The zero-order chi connectivity index (χ0) is 20.5. The number of hydrogen-bond acceptors (Lipinski definition) is 5. The van der Waals surface area contributed by atoms with Crippen molar-refractivity contribution in [2.45, 2.75) is 45.8 Å². The van der Waals surface area contributed by atoms with Gasteiger partial charge in [0.05, 0.1) is 18.3 Å². The molecule has 0 spiro atoms. The van der Waals surface area contributed by atoms with Crippen molar-refractivity contribution < 1.29 is 18.8 Å². The molecule has 1 aliphatic heterocycles. The zero-order valence-electron chi connectivity index (χ0n) is 17.4. The second-order valence-corrected chi connectivity index (χ2v) is 9.14. The Balaban J connectivity index is 2.05. The molecule has 2 aromatic rings. The molecule has 28 heavy (non-hydrogen) atoms. The van der Waals surface area contributed by atoms with Crippen molar-refractivity contribution >= 4 is 40.8 Å². The van der Waals surface area contributed by atoms with Gasteiger partial charge in [-0.15, -0.1) is 0 Å². The van der Waals surface area contributed by atoms with Gasteiger partial charge in [0, 0.05) is 18.1 Å². The van der Waals surface area contributed by atoms with E-state index in [0.29, 0.717) is 5.75 Å². The molecular weight excluding hydrogens is 371 g/mol. The molecule has 3 rings (SSSR count). The number of ether oxygens (including phenoxy) is 1. The lowest BCUT2D eigenvalue weighted by Crippen LogP contribution is -2.41. The van der Waals surface area contributed by atoms with E-state index in [0.717, 1.165) is 27.6 Å². The first-order chi connectivity index (χ1) is 13.1. The highest BCUT2D eigenvalue weighted by Gasteiger charge is 2.52. The van der Waals surface area contributed by atoms with Crippen LogP contribution < -0.4 is 4.74 Å². The Morgan fingerprint density at radius 2 is 1.68 bits per heavy atom. The van der Waals surface area contributed by atoms with E-state index in [1.807, 2.05) is 58.0 Å². The van der Waals surface area contributed by atoms with Crippen LogP contribution in [0.3, 0.4) is 0 Å². The van der Waals surface area contributed by atoms with Crippen molar-refractivity contribution in [3.8, 4) is 5.75 Å². The molecule has 0 amide bonds. The van der Waals surface area contributed by atoms with Gasteiger partial charge in [0.2, 0.25) is 0 Å². The number of carbonyl (C=O) groups excluding carboxylic acids is 1. The summed E-state index contributed by atoms with van der Waals surface area (Å²) in [5, 5.41) is 2.21. The Kier molecular flexibility index (Phi) is 5.94. The second-order valence-electron chi connectivity index (χ2n) is 7.99. The third-order valence-corrected chi connectivity index (χ3v) is 6.36. The Morgan fingerprint density at radius 1 is 1.07 bits per heavy atom. The molecule has 0 radical (unpaired) electrons. The van der Waals surface area contributed by atoms with E-state index in [2.05, 4.69) is 12.1 Å². The first-order valence-corrected chi connectivity index (χ1v) is 10.4. The number of fused-ring (bicyclic) bond motifs is 1. The van der Waals surface area contributed by atoms with Crippen molar-refractivity contribution in [2.75, 3.05) is 12.9 Å². The summed E-state index contributed by atoms with van der Waals surface area (Å²) in [5.74, 6) is 1.36. The molecule has 0 aromatic heterocycles. The van der Waals surface area contributed by atoms with E-state index in [9.17, 15) is 4.79 Å². The first-order valence-electron chi connectivity index (χ1n) is 9.40. The van der Waals surface area contributed by atoms with Crippen LogP contribution in [0.25, 0.3) is 16.8 Å². The van der Waals surface area contributed by atoms with E-state index in [1.165, 1.54) is 11.8 Å². The predicted octanol–water partition coefficient (Wildman–Crippen LogP) is 5.14. The summed E-state index contributed by atoms with van der Waals surface area (Å²) in [6.07, 6.45) is 2.08. The van der Waals surface area contributed by atoms with Gasteiger partial charge >= 0.3 is 7.12 Å². The monoisotopic (exact) mass is 398 g/mol. The maximum atomic E-state index is 11.6. The van der Waals surface area contributed by atoms with Gasteiger partial charge in [0.1, 0.15) is 5.75 Å². The smallest absolute Gasteiger partial charge is 0.491 e. The molecule has 0 saturated carbocycles. The van der Waals surface area contributed by atoms with Crippen LogP contribution in [0, 0.1) is 0 Å². The topological polar surface area (TPSA) is 44.8 Å². The minimum Gasteiger partial charge on any atom is -0.496 e. The number of thioether (sulfide) groups is 1. The summed E-state index contributed by atoms with van der Waals surface area (Å²) < 4.78 is 18.0. The van der Waals surface area contributed by atoms with Gasteiger partial charge in [-0.3, -0.25) is 4.79 Å². The van der Waals surface area contributed by atoms with E-state index in [4.69, 9.17) is 14.0 Å². The Morgan fingerprint density at radius 3 is 2.25 bits per heavy atom. The minimum absolute atomic E-state index is 0.0713. The molecule has 148 valence electrons. The summed E-state index contributed by atoms with van der Waals surface area (Å²) in [6, 6.07) is 12.1. The van der Waals surface area contributed by atoms with Gasteiger partial charge < -0.3 is 14.0 Å². The van der Waals surface area contributed by atoms with Crippen LogP contribution in [0.4, 0.5) is 0 Å². The number of methoxy groups -OCH3 is 1. The molecule has 0 bridgehead atoms. The highest BCUT2D eigenvalue weighted by molar-refractivity contribution is 8.13. The van der Waals surface area contributed by atoms with Crippen LogP contribution in [0.1, 0.15) is 40.2 Å². The molecule has 0 aliphatic carbocycles. The highest BCUT2D eigenvalue weighted by atomic mass is 32.2. The normalized spacial score (nSPS) is 18.5. The molecule has 2 aromatic carbocycles. The second kappa shape index (κ2) is 7.93. The Bertz CT molecular complexity index is 904. The quantitative estimate of drug-likeness (QED) is 0.653. The lowest BCUT2D eigenvalue weighted by molar-refractivity contribution is -0.109. The number of hydrogen-bond donors (Lipinski definition) is 0. The van der Waals surface area contributed by atoms with Gasteiger partial charge in [-0.25, -0.2) is 0 Å². The molecule has 6 heteroatoms. The lowest BCUT2D eigenvalue weighted by atomic mass is 9.78. The van der Waals surface area contributed by atoms with Crippen molar-refractivity contribution in [1.82, 2.24) is 0 Å². The third kappa shape index (κ3) is 4.14. The van der Waals surface area contributed by atoms with Crippen molar-refractivity contribution in [3.63, 3.8) is 0 Å². The van der Waals surface area contributed by atoms with E-state index in [1.54, 1.807) is 14.0 Å². The molecule has 4 nitrogen and oxygen atoms in total. The average molecular weight is 398 g/mol. The van der Waals surface area contributed by atoms with Gasteiger partial charge in [-0.2, -0.15) is 0 Å². The van der Waals surface area contributed by atoms with Gasteiger partial charge in [-0.05, 0) is 50.2 Å². The van der Waals surface area contributed by atoms with Crippen LogP contribution >= 0.6 is 11.8 Å². The van der Waals surface area contributed by atoms with E-state index < -0.39 is 18.3 Å². The summed E-state index contributed by atoms with van der Waals surface area (Å²) in [7, 11) is 1.19. The van der Waals surface area contributed by atoms with Crippen LogP contribution in [0.2, 0.25) is 0 Å². The fourth-order valence-corrected chi connectivity index (χ4v) is 3.74. The van der Waals surface area contributed by atoms with Crippen LogP contribution in [0.5, 0.6) is 5.75 Å². The van der Waals surface area contributed by atoms with Gasteiger partial charge in [0.25, 0.3) is 0 Å². The first kappa shape index (κ1) is 21.0. The Hall–Kier alpha value is -1.76. The molecule has 1 aliphatic rings. The third-order valence-electron chi connectivity index (χ3n) is 5.48. The highest BCUT2D eigenvalue weighted by Crippen LogP contribution is 2.40. The van der Waals surface area contributed by atoms with Crippen LogP contribution in [-0.2, 0) is 14.1 Å². The fraction of sp³-hybridized carbons (Fsp3) is 0.409. The van der Waals surface area contributed by atoms with E-state index in [-0.39, 0.29) is 5.12 Å². The summed E-state index contributed by atoms with van der Waals surface area (Å²) in [4.78, 5) is 11.6. The van der Waals surface area contributed by atoms with Crippen LogP contribution in [-0.4, -0.2) is 36.3 Å². The summed E-state index contributed by atoms with van der Waals surface area (Å²) in [6.45, 7) is 9.71. The standard InChI is InChI=1S/C22H27BO4S/c1-15(24)28-14-17(23-26-21(2,3)22(4,5)27-23)13-16-11-12-20(25-6)19-10-8-7-9-18(16)19/h7-13H,14H2,1-6H3. The van der Waals surface area contributed by atoms with Gasteiger partial charge in [0.15, 0.2) is 5.12 Å².